The molecule has 0 aromatic heterocycles. The zero-order chi connectivity index (χ0) is 13.8. The van der Waals surface area contributed by atoms with Crippen molar-refractivity contribution in [2.45, 2.75) is 17.1 Å². The predicted molar refractivity (Wildman–Crippen MR) is 73.0 cm³/mol. The van der Waals surface area contributed by atoms with Crippen LogP contribution in [-0.4, -0.2) is 30.7 Å². The van der Waals surface area contributed by atoms with E-state index >= 15 is 0 Å². The number of nitrogens with two attached hydrogens (primary N) is 1. The molecule has 1 rings (SSSR count). The number of hydrogen-bond acceptors (Lipinski definition) is 5. The van der Waals surface area contributed by atoms with Crippen molar-refractivity contribution in [2.75, 3.05) is 18.2 Å². The Kier molecular flexibility index (Phi) is 5.27. The molecule has 0 bridgehead atoms. The first-order valence-corrected chi connectivity index (χ1v) is 8.36. The Morgan fingerprint density at radius 1 is 1.39 bits per heavy atom. The lowest BCUT2D eigenvalue weighted by atomic mass is 10.3. The highest BCUT2D eigenvalue weighted by molar-refractivity contribution is 7.89. The summed E-state index contributed by atoms with van der Waals surface area (Å²) in [6.07, 6.45) is 1.54. The van der Waals surface area contributed by atoms with E-state index in [4.69, 9.17) is 5.84 Å². The molecular formula is C10H17N3O3S2. The van der Waals surface area contributed by atoms with Crippen LogP contribution in [0, 0.1) is 0 Å². The lowest BCUT2D eigenvalue weighted by molar-refractivity contribution is 0.581. The second kappa shape index (κ2) is 6.28. The van der Waals surface area contributed by atoms with Crippen LogP contribution in [0.1, 0.15) is 6.92 Å². The maximum atomic E-state index is 12.0. The van der Waals surface area contributed by atoms with Crippen LogP contribution < -0.4 is 16.0 Å². The highest BCUT2D eigenvalue weighted by atomic mass is 32.2. The summed E-state index contributed by atoms with van der Waals surface area (Å²) >= 11 is 0. The molecule has 0 aliphatic carbocycles. The summed E-state index contributed by atoms with van der Waals surface area (Å²) in [7, 11) is -4.73. The Hall–Kier alpha value is -0.960. The molecule has 0 saturated heterocycles. The van der Waals surface area contributed by atoms with Gasteiger partial charge in [-0.25, -0.2) is 13.1 Å². The van der Waals surface area contributed by atoms with Gasteiger partial charge in [-0.1, -0.05) is 12.1 Å². The predicted octanol–water partition coefficient (Wildman–Crippen LogP) is 0.0175. The standard InChI is InChI=1S/C10H17N3O3S2/c1-8(17(2)14)7-12-18(15,16)10-6-4-3-5-9(10)13-11/h3-6,8,12-13H,7,11H2,1-2H3. The number of nitrogens with one attached hydrogen (secondary N) is 2. The van der Waals surface area contributed by atoms with E-state index in [0.29, 0.717) is 5.69 Å². The molecule has 0 fully saturated rings. The smallest absolute Gasteiger partial charge is 0.242 e. The van der Waals surface area contributed by atoms with Gasteiger partial charge in [-0.3, -0.25) is 10.1 Å². The van der Waals surface area contributed by atoms with E-state index in [-0.39, 0.29) is 16.7 Å². The Balaban J connectivity index is 2.90. The topological polar surface area (TPSA) is 101 Å². The van der Waals surface area contributed by atoms with Crippen molar-refractivity contribution in [1.29, 1.82) is 0 Å². The highest BCUT2D eigenvalue weighted by Crippen LogP contribution is 2.19. The fraction of sp³-hybridized carbons (Fsp3) is 0.400. The van der Waals surface area contributed by atoms with Crippen LogP contribution in [0.3, 0.4) is 0 Å². The molecular weight excluding hydrogens is 274 g/mol. The summed E-state index contributed by atoms with van der Waals surface area (Å²) in [5.41, 5.74) is 2.65. The first-order valence-electron chi connectivity index (χ1n) is 5.26. The van der Waals surface area contributed by atoms with E-state index in [1.54, 1.807) is 25.1 Å². The zero-order valence-electron chi connectivity index (χ0n) is 10.2. The summed E-state index contributed by atoms with van der Waals surface area (Å²) in [6, 6.07) is 6.30. The van der Waals surface area contributed by atoms with Crippen molar-refractivity contribution in [2.24, 2.45) is 5.84 Å². The van der Waals surface area contributed by atoms with E-state index in [1.807, 2.05) is 0 Å². The Labute approximate surface area is 109 Å². The number of nitrogen functional groups attached to an aromatic ring is 1. The third kappa shape index (κ3) is 3.77. The van der Waals surface area contributed by atoms with Crippen molar-refractivity contribution >= 4 is 26.5 Å². The van der Waals surface area contributed by atoms with Crippen LogP contribution >= 0.6 is 0 Å². The summed E-state index contributed by atoms with van der Waals surface area (Å²) < 4.78 is 37.6. The summed E-state index contributed by atoms with van der Waals surface area (Å²) in [5, 5.41) is -0.252. The molecule has 0 spiro atoms. The molecule has 4 N–H and O–H groups in total. The maximum absolute atomic E-state index is 12.0. The van der Waals surface area contributed by atoms with Gasteiger partial charge in [0.25, 0.3) is 0 Å². The van der Waals surface area contributed by atoms with Gasteiger partial charge in [-0.05, 0) is 19.1 Å². The molecule has 0 radical (unpaired) electrons. The highest BCUT2D eigenvalue weighted by Gasteiger charge is 2.19. The number of sulfonamides is 1. The van der Waals surface area contributed by atoms with Gasteiger partial charge in [-0.2, -0.15) is 0 Å². The molecule has 2 atom stereocenters. The number of rotatable bonds is 6. The lowest BCUT2D eigenvalue weighted by Gasteiger charge is -2.13. The monoisotopic (exact) mass is 291 g/mol. The fourth-order valence-corrected chi connectivity index (χ4v) is 2.97. The minimum atomic E-state index is -3.66. The largest absolute Gasteiger partial charge is 0.323 e. The van der Waals surface area contributed by atoms with Crippen LogP contribution in [0.25, 0.3) is 0 Å². The zero-order valence-corrected chi connectivity index (χ0v) is 11.8. The van der Waals surface area contributed by atoms with Crippen LogP contribution in [0.15, 0.2) is 29.2 Å². The minimum Gasteiger partial charge on any atom is -0.323 e. The van der Waals surface area contributed by atoms with Crippen LogP contribution in [0.5, 0.6) is 0 Å². The molecule has 102 valence electrons. The number of hydrogen-bond donors (Lipinski definition) is 3. The summed E-state index contributed by atoms with van der Waals surface area (Å²) in [5.74, 6) is 5.26. The van der Waals surface area contributed by atoms with E-state index in [9.17, 15) is 12.6 Å². The molecule has 1 aromatic carbocycles. The molecule has 2 unspecified atom stereocenters. The van der Waals surface area contributed by atoms with Gasteiger partial charge in [0, 0.05) is 28.9 Å². The number of hydrazine groups is 1. The molecule has 0 aliphatic heterocycles. The third-order valence-corrected chi connectivity index (χ3v) is 5.24. The van der Waals surface area contributed by atoms with Gasteiger partial charge >= 0.3 is 0 Å². The molecule has 8 heteroatoms. The van der Waals surface area contributed by atoms with Gasteiger partial charge in [-0.15, -0.1) is 0 Å². The number of para-hydroxylation sites is 1. The molecule has 0 aliphatic rings. The fourth-order valence-electron chi connectivity index (χ4n) is 1.24. The quantitative estimate of drug-likeness (QED) is 0.506. The SMILES string of the molecule is CC(CNS(=O)(=O)c1ccccc1NN)S(C)=O. The van der Waals surface area contributed by atoms with E-state index < -0.39 is 20.8 Å². The van der Waals surface area contributed by atoms with Crippen molar-refractivity contribution in [3.05, 3.63) is 24.3 Å². The van der Waals surface area contributed by atoms with Crippen LogP contribution in [-0.2, 0) is 20.8 Å². The van der Waals surface area contributed by atoms with Crippen molar-refractivity contribution in [3.63, 3.8) is 0 Å². The van der Waals surface area contributed by atoms with E-state index in [0.717, 1.165) is 0 Å². The lowest BCUT2D eigenvalue weighted by Crippen LogP contribution is -2.33. The molecule has 1 aromatic rings. The van der Waals surface area contributed by atoms with Gasteiger partial charge in [0.15, 0.2) is 0 Å². The van der Waals surface area contributed by atoms with Gasteiger partial charge in [0.2, 0.25) is 10.0 Å². The van der Waals surface area contributed by atoms with Crippen molar-refractivity contribution in [1.82, 2.24) is 4.72 Å². The second-order valence-corrected chi connectivity index (χ2v) is 7.34. The Morgan fingerprint density at radius 2 is 2.00 bits per heavy atom. The van der Waals surface area contributed by atoms with Crippen molar-refractivity contribution < 1.29 is 12.6 Å². The van der Waals surface area contributed by atoms with Gasteiger partial charge < -0.3 is 5.43 Å². The molecule has 6 nitrogen and oxygen atoms in total. The summed E-state index contributed by atoms with van der Waals surface area (Å²) in [4.78, 5) is 0.0709. The van der Waals surface area contributed by atoms with Crippen molar-refractivity contribution in [3.8, 4) is 0 Å². The molecule has 0 amide bonds. The normalized spacial score (nSPS) is 15.1. The second-order valence-electron chi connectivity index (χ2n) is 3.80. The molecule has 0 saturated carbocycles. The van der Waals surface area contributed by atoms with E-state index in [2.05, 4.69) is 10.1 Å². The van der Waals surface area contributed by atoms with E-state index in [1.165, 1.54) is 12.3 Å². The minimum absolute atomic E-state index is 0.0709. The van der Waals surface area contributed by atoms with Gasteiger partial charge in [0.1, 0.15) is 4.90 Å². The van der Waals surface area contributed by atoms with Crippen LogP contribution in [0.4, 0.5) is 5.69 Å². The van der Waals surface area contributed by atoms with Crippen LogP contribution in [0.2, 0.25) is 0 Å². The average molecular weight is 291 g/mol. The number of anilines is 1. The maximum Gasteiger partial charge on any atom is 0.242 e. The molecule has 18 heavy (non-hydrogen) atoms. The Bertz CT molecular complexity index is 531. The summed E-state index contributed by atoms with van der Waals surface area (Å²) in [6.45, 7) is 1.83. The first-order chi connectivity index (χ1) is 8.38. The van der Waals surface area contributed by atoms with Gasteiger partial charge in [0.05, 0.1) is 5.69 Å². The molecule has 0 heterocycles. The first kappa shape index (κ1) is 15.1. The number of benzene rings is 1. The third-order valence-electron chi connectivity index (χ3n) is 2.46. The average Bonchev–Trinajstić information content (AvgIpc) is 2.35. The Morgan fingerprint density at radius 3 is 2.56 bits per heavy atom.